The largest absolute Gasteiger partial charge is 0.478 e. The minimum Gasteiger partial charge on any atom is -0.478 e. The Hall–Kier alpha value is -0.900. The Balaban J connectivity index is 3.82. The molecular weight excluding hydrogens is 151 g/mol. The van der Waals surface area contributed by atoms with Crippen LogP contribution in [0.3, 0.4) is 0 Å². The highest BCUT2D eigenvalue weighted by atomic mass is 19.1. The van der Waals surface area contributed by atoms with Gasteiger partial charge >= 0.3 is 5.97 Å². The second-order valence-electron chi connectivity index (χ2n) is 2.24. The molecule has 0 amide bonds. The van der Waals surface area contributed by atoms with E-state index in [0.29, 0.717) is 0 Å². The van der Waals surface area contributed by atoms with Gasteiger partial charge in [-0.15, -0.1) is 0 Å². The average molecular weight is 162 g/mol. The molecule has 0 saturated heterocycles. The number of hydrogen-bond acceptors (Lipinski definition) is 2. The van der Waals surface area contributed by atoms with Crippen molar-refractivity contribution in [2.45, 2.75) is 19.4 Å². The monoisotopic (exact) mass is 162 g/mol. The van der Waals surface area contributed by atoms with Gasteiger partial charge in [0.2, 0.25) is 0 Å². The van der Waals surface area contributed by atoms with E-state index in [2.05, 4.69) is 0 Å². The van der Waals surface area contributed by atoms with Crippen LogP contribution >= 0.6 is 0 Å². The molecule has 0 aromatic rings. The summed E-state index contributed by atoms with van der Waals surface area (Å²) in [5.74, 6) is -1.05. The first kappa shape index (κ1) is 10.1. The minimum absolute atomic E-state index is 0.0502. The maximum Gasteiger partial charge on any atom is 0.330 e. The first-order chi connectivity index (χ1) is 5.07. The Bertz CT molecular complexity index is 165. The van der Waals surface area contributed by atoms with Crippen LogP contribution < -0.4 is 0 Å². The van der Waals surface area contributed by atoms with Crippen molar-refractivity contribution < 1.29 is 19.4 Å². The lowest BCUT2D eigenvalue weighted by atomic mass is 10.2. The van der Waals surface area contributed by atoms with Gasteiger partial charge in [-0.3, -0.25) is 0 Å². The maximum atomic E-state index is 11.6. The van der Waals surface area contributed by atoms with Gasteiger partial charge in [-0.05, 0) is 13.3 Å². The normalized spacial score (nSPS) is 14.6. The van der Waals surface area contributed by atoms with Crippen LogP contribution in [0.2, 0.25) is 0 Å². The van der Waals surface area contributed by atoms with Crippen LogP contribution in [0, 0.1) is 0 Å². The fraction of sp³-hybridized carbons (Fsp3) is 0.571. The summed E-state index contributed by atoms with van der Waals surface area (Å²) in [4.78, 5) is 10.2. The predicted molar refractivity (Wildman–Crippen MR) is 38.0 cm³/mol. The number of carboxylic acid groups (broad SMARTS) is 1. The summed E-state index contributed by atoms with van der Waals surface area (Å²) >= 11 is 0. The number of hydrogen-bond donors (Lipinski definition) is 2. The third-order valence-electron chi connectivity index (χ3n) is 1.21. The van der Waals surface area contributed by atoms with Gasteiger partial charge in [0.25, 0.3) is 0 Å². The van der Waals surface area contributed by atoms with Gasteiger partial charge in [0.1, 0.15) is 6.67 Å². The lowest BCUT2D eigenvalue weighted by molar-refractivity contribution is -0.132. The second-order valence-corrected chi connectivity index (χ2v) is 2.24. The van der Waals surface area contributed by atoms with E-state index in [1.165, 1.54) is 13.0 Å². The number of aliphatic carboxylic acids is 1. The lowest BCUT2D eigenvalue weighted by Crippen LogP contribution is -2.07. The van der Waals surface area contributed by atoms with Gasteiger partial charge in [-0.25, -0.2) is 9.18 Å². The van der Waals surface area contributed by atoms with Crippen molar-refractivity contribution in [3.8, 4) is 0 Å². The smallest absolute Gasteiger partial charge is 0.330 e. The molecule has 0 aliphatic heterocycles. The van der Waals surface area contributed by atoms with Crippen molar-refractivity contribution in [2.75, 3.05) is 6.67 Å². The van der Waals surface area contributed by atoms with Crippen LogP contribution in [0.4, 0.5) is 4.39 Å². The molecule has 0 radical (unpaired) electrons. The topological polar surface area (TPSA) is 57.5 Å². The molecule has 0 aromatic carbocycles. The van der Waals surface area contributed by atoms with Gasteiger partial charge in [-0.2, -0.15) is 0 Å². The van der Waals surface area contributed by atoms with E-state index in [1.807, 2.05) is 0 Å². The summed E-state index contributed by atoms with van der Waals surface area (Å²) in [5.41, 5.74) is 0.123. The molecular formula is C7H11FO3. The number of aliphatic hydroxyl groups excluding tert-OH is 1. The van der Waals surface area contributed by atoms with E-state index >= 15 is 0 Å². The van der Waals surface area contributed by atoms with Crippen molar-refractivity contribution in [1.29, 1.82) is 0 Å². The Morgan fingerprint density at radius 2 is 2.27 bits per heavy atom. The van der Waals surface area contributed by atoms with Crippen LogP contribution in [0.25, 0.3) is 0 Å². The molecule has 0 fully saturated rings. The zero-order valence-electron chi connectivity index (χ0n) is 6.25. The van der Waals surface area contributed by atoms with Crippen LogP contribution in [0.5, 0.6) is 0 Å². The molecule has 0 saturated carbocycles. The van der Waals surface area contributed by atoms with Crippen molar-refractivity contribution in [3.63, 3.8) is 0 Å². The molecule has 0 aliphatic carbocycles. The molecule has 64 valence electrons. The third kappa shape index (κ3) is 4.50. The first-order valence-corrected chi connectivity index (χ1v) is 3.22. The van der Waals surface area contributed by atoms with E-state index in [1.54, 1.807) is 0 Å². The molecule has 0 heterocycles. The van der Waals surface area contributed by atoms with Crippen LogP contribution in [-0.2, 0) is 4.79 Å². The molecule has 3 nitrogen and oxygen atoms in total. The number of alkyl halides is 1. The zero-order valence-corrected chi connectivity index (χ0v) is 6.25. The SMILES string of the molecule is CC(=CCC(O)CF)C(=O)O. The highest BCUT2D eigenvalue weighted by Crippen LogP contribution is 1.99. The van der Waals surface area contributed by atoms with Crippen molar-refractivity contribution >= 4 is 5.97 Å². The average Bonchev–Trinajstić information content (AvgIpc) is 1.99. The van der Waals surface area contributed by atoms with Crippen molar-refractivity contribution in [2.24, 2.45) is 0 Å². The Morgan fingerprint density at radius 3 is 2.64 bits per heavy atom. The highest BCUT2D eigenvalue weighted by Gasteiger charge is 2.03. The number of rotatable bonds is 4. The molecule has 1 unspecified atom stereocenters. The minimum atomic E-state index is -1.08. The lowest BCUT2D eigenvalue weighted by Gasteiger charge is -2.00. The predicted octanol–water partition coefficient (Wildman–Crippen LogP) is 0.738. The molecule has 2 N–H and O–H groups in total. The summed E-state index contributed by atoms with van der Waals surface area (Å²) in [6, 6.07) is 0. The number of aliphatic hydroxyl groups is 1. The summed E-state index contributed by atoms with van der Waals surface area (Å²) < 4.78 is 11.6. The maximum absolute atomic E-state index is 11.6. The second kappa shape index (κ2) is 4.85. The summed E-state index contributed by atoms with van der Waals surface area (Å²) in [6.07, 6.45) is 0.269. The van der Waals surface area contributed by atoms with Crippen LogP contribution in [-0.4, -0.2) is 29.0 Å². The Kier molecular flexibility index (Phi) is 4.45. The summed E-state index contributed by atoms with van der Waals surface area (Å²) in [6.45, 7) is 0.552. The molecule has 4 heteroatoms. The van der Waals surface area contributed by atoms with Gasteiger partial charge in [0.15, 0.2) is 0 Å². The fourth-order valence-corrected chi connectivity index (χ4v) is 0.463. The standard InChI is InChI=1S/C7H11FO3/c1-5(7(10)11)2-3-6(9)4-8/h2,6,9H,3-4H2,1H3,(H,10,11). The Morgan fingerprint density at radius 1 is 1.73 bits per heavy atom. The van der Waals surface area contributed by atoms with E-state index < -0.39 is 18.7 Å². The molecule has 0 spiro atoms. The molecule has 0 aliphatic rings. The van der Waals surface area contributed by atoms with Crippen LogP contribution in [0.15, 0.2) is 11.6 Å². The zero-order chi connectivity index (χ0) is 8.85. The summed E-state index contributed by atoms with van der Waals surface area (Å²) in [7, 11) is 0. The number of carboxylic acids is 1. The number of carbonyl (C=O) groups is 1. The molecule has 0 aromatic heterocycles. The van der Waals surface area contributed by atoms with Crippen molar-refractivity contribution in [3.05, 3.63) is 11.6 Å². The molecule has 0 rings (SSSR count). The molecule has 11 heavy (non-hydrogen) atoms. The highest BCUT2D eigenvalue weighted by molar-refractivity contribution is 5.85. The van der Waals surface area contributed by atoms with E-state index in [9.17, 15) is 9.18 Å². The van der Waals surface area contributed by atoms with E-state index in [0.717, 1.165) is 0 Å². The van der Waals surface area contributed by atoms with Gasteiger partial charge in [0, 0.05) is 5.57 Å². The summed E-state index contributed by atoms with van der Waals surface area (Å²) in [5, 5.41) is 17.0. The van der Waals surface area contributed by atoms with Crippen LogP contribution in [0.1, 0.15) is 13.3 Å². The Labute approximate surface area is 64.2 Å². The quantitative estimate of drug-likeness (QED) is 0.599. The van der Waals surface area contributed by atoms with E-state index in [4.69, 9.17) is 10.2 Å². The number of halogens is 1. The van der Waals surface area contributed by atoms with E-state index in [-0.39, 0.29) is 12.0 Å². The molecule has 0 bridgehead atoms. The first-order valence-electron chi connectivity index (χ1n) is 3.22. The van der Waals surface area contributed by atoms with Gasteiger partial charge < -0.3 is 10.2 Å². The van der Waals surface area contributed by atoms with Gasteiger partial charge in [0.05, 0.1) is 6.10 Å². The third-order valence-corrected chi connectivity index (χ3v) is 1.21. The fourth-order valence-electron chi connectivity index (χ4n) is 0.463. The van der Waals surface area contributed by atoms with Gasteiger partial charge in [-0.1, -0.05) is 6.08 Å². The molecule has 1 atom stereocenters. The van der Waals surface area contributed by atoms with Crippen molar-refractivity contribution in [1.82, 2.24) is 0 Å².